The molecule has 4 nitrogen and oxygen atoms in total. The van der Waals surface area contributed by atoms with E-state index in [0.717, 1.165) is 20.0 Å². The van der Waals surface area contributed by atoms with Crippen LogP contribution in [0, 0.1) is 0 Å². The number of aliphatic carboxylic acids is 1. The first-order valence-corrected chi connectivity index (χ1v) is 9.53. The minimum absolute atomic E-state index is 0. The van der Waals surface area contributed by atoms with Gasteiger partial charge in [0, 0.05) is 19.5 Å². The first-order chi connectivity index (χ1) is 11.1. The molecule has 140 valence electrons. The average Bonchev–Trinajstić information content (AvgIpc) is 3.03. The second-order valence-electron chi connectivity index (χ2n) is 6.60. The predicted octanol–water partition coefficient (Wildman–Crippen LogP) is -0.646. The van der Waals surface area contributed by atoms with Crippen molar-refractivity contribution in [1.29, 1.82) is 0 Å². The van der Waals surface area contributed by atoms with E-state index in [2.05, 4.69) is 23.7 Å². The van der Waals surface area contributed by atoms with Crippen molar-refractivity contribution >= 4 is 12.3 Å². The molecule has 0 aliphatic carbocycles. The molecule has 0 saturated heterocycles. The number of carboxylic acid groups (broad SMARTS) is 1. The molecule has 0 amide bonds. The van der Waals surface area contributed by atoms with Crippen molar-refractivity contribution in [2.45, 2.75) is 97.4 Å². The van der Waals surface area contributed by atoms with Crippen LogP contribution in [0.2, 0.25) is 0 Å². The van der Waals surface area contributed by atoms with Gasteiger partial charge in [-0.05, 0) is 13.3 Å². The van der Waals surface area contributed by atoms with Gasteiger partial charge in [0.25, 0.3) is 5.97 Å². The van der Waals surface area contributed by atoms with E-state index in [0.29, 0.717) is 6.04 Å². The van der Waals surface area contributed by atoms with Crippen molar-refractivity contribution in [1.82, 2.24) is 4.90 Å². The monoisotopic (exact) mass is 374 g/mol. The molecule has 6 heteroatoms. The van der Waals surface area contributed by atoms with Gasteiger partial charge in [-0.15, -0.1) is 0 Å². The first kappa shape index (κ1) is 30.7. The molecule has 0 spiro atoms. The Morgan fingerprint density at radius 3 is 1.92 bits per heavy atom. The summed E-state index contributed by atoms with van der Waals surface area (Å²) in [5, 5.41) is 7.42. The Balaban J connectivity index is -0.000000184. The number of hydrogen-bond donors (Lipinski definition) is 1. The molecule has 1 aliphatic rings. The summed E-state index contributed by atoms with van der Waals surface area (Å²) in [7, 11) is 0. The van der Waals surface area contributed by atoms with Crippen LogP contribution in [0.15, 0.2) is 4.99 Å². The van der Waals surface area contributed by atoms with Crippen LogP contribution in [0.4, 0.5) is 0 Å². The fraction of sp³-hybridized carbons (Fsp3) is 0.895. The van der Waals surface area contributed by atoms with Crippen molar-refractivity contribution in [3.63, 3.8) is 0 Å². The fourth-order valence-electron chi connectivity index (χ4n) is 2.82. The molecule has 0 aromatic heterocycles. The zero-order valence-electron chi connectivity index (χ0n) is 19.6. The number of aliphatic imine (C=N–C) groups is 1. The van der Waals surface area contributed by atoms with Gasteiger partial charge in [0.15, 0.2) is 0 Å². The van der Waals surface area contributed by atoms with Crippen LogP contribution >= 0.6 is 0 Å². The summed E-state index contributed by atoms with van der Waals surface area (Å²) >= 11 is 0. The molecule has 0 saturated carbocycles. The van der Waals surface area contributed by atoms with Gasteiger partial charge < -0.3 is 12.9 Å². The van der Waals surface area contributed by atoms with Crippen molar-refractivity contribution in [2.75, 3.05) is 13.1 Å². The average molecular weight is 375 g/mol. The van der Waals surface area contributed by atoms with Gasteiger partial charge in [-0.1, -0.05) is 71.1 Å². The van der Waals surface area contributed by atoms with Crippen LogP contribution in [0.3, 0.4) is 0 Å². The molecule has 0 radical (unpaired) electrons. The Kier molecular flexibility index (Phi) is 28.2. The number of unbranched alkanes of at least 4 members (excludes halogenated alkanes) is 9. The van der Waals surface area contributed by atoms with E-state index in [1.165, 1.54) is 70.6 Å². The maximum atomic E-state index is 9.00. The number of carboxylic acids is 1. The predicted molar refractivity (Wildman–Crippen MR) is 102 cm³/mol. The Bertz CT molecular complexity index is 322. The molecule has 1 atom stereocenters. The van der Waals surface area contributed by atoms with Crippen molar-refractivity contribution in [2.24, 2.45) is 4.99 Å². The smallest absolute Gasteiger partial charge is 1.00 e. The standard InChI is InChI=1S/C17H34N2.C2H4O2.2Na.2H/c1-3-4-5-6-7-8-9-10-11-12-13-17(2)19-15-14-18-16-19;1-2(3)4;;;;/h16-17H,3-15H2,1-2H3;1H3,(H,3,4);;;;/q;;2*+1;2*-1. The van der Waals surface area contributed by atoms with E-state index in [9.17, 15) is 0 Å². The number of hydrogen-bond acceptors (Lipinski definition) is 3. The number of rotatable bonds is 12. The Morgan fingerprint density at radius 2 is 1.52 bits per heavy atom. The van der Waals surface area contributed by atoms with E-state index >= 15 is 0 Å². The van der Waals surface area contributed by atoms with Gasteiger partial charge in [-0.25, -0.2) is 0 Å². The molecule has 0 aromatic carbocycles. The minimum Gasteiger partial charge on any atom is -1.00 e. The van der Waals surface area contributed by atoms with Crippen LogP contribution in [0.5, 0.6) is 0 Å². The second-order valence-corrected chi connectivity index (χ2v) is 6.60. The van der Waals surface area contributed by atoms with Gasteiger partial charge in [-0.3, -0.25) is 9.79 Å². The molecule has 1 aliphatic heterocycles. The SMILES string of the molecule is CC(=O)O.CCCCCCCCCCCCC(C)N1C=NCC1.[H-].[H-].[Na+].[Na+]. The van der Waals surface area contributed by atoms with Gasteiger partial charge in [0.1, 0.15) is 0 Å². The van der Waals surface area contributed by atoms with E-state index in [4.69, 9.17) is 9.90 Å². The molecule has 0 fully saturated rings. The molecule has 1 unspecified atom stereocenters. The normalized spacial score (nSPS) is 13.3. The topological polar surface area (TPSA) is 52.9 Å². The van der Waals surface area contributed by atoms with Crippen LogP contribution in [-0.4, -0.2) is 41.4 Å². The third-order valence-electron chi connectivity index (χ3n) is 4.26. The van der Waals surface area contributed by atoms with E-state index in [-0.39, 0.29) is 62.0 Å². The van der Waals surface area contributed by atoms with Gasteiger partial charge in [0.05, 0.1) is 12.9 Å². The largest absolute Gasteiger partial charge is 1.00 e. The molecule has 25 heavy (non-hydrogen) atoms. The summed E-state index contributed by atoms with van der Waals surface area (Å²) in [5.74, 6) is -0.833. The van der Waals surface area contributed by atoms with Crippen molar-refractivity contribution in [3.05, 3.63) is 0 Å². The third kappa shape index (κ3) is 22.9. The quantitative estimate of drug-likeness (QED) is 0.365. The van der Waals surface area contributed by atoms with E-state index in [1.54, 1.807) is 0 Å². The van der Waals surface area contributed by atoms with Crippen LogP contribution < -0.4 is 59.1 Å². The molecular weight excluding hydrogens is 334 g/mol. The van der Waals surface area contributed by atoms with Crippen molar-refractivity contribution in [3.8, 4) is 0 Å². The summed E-state index contributed by atoms with van der Waals surface area (Å²) in [6.07, 6.45) is 17.7. The molecular formula is C19H40N2Na2O2. The summed E-state index contributed by atoms with van der Waals surface area (Å²) < 4.78 is 0. The van der Waals surface area contributed by atoms with Crippen LogP contribution in [0.1, 0.15) is 94.3 Å². The Morgan fingerprint density at radius 1 is 1.08 bits per heavy atom. The summed E-state index contributed by atoms with van der Waals surface area (Å²) in [4.78, 5) is 15.7. The summed E-state index contributed by atoms with van der Waals surface area (Å²) in [6, 6.07) is 0.695. The summed E-state index contributed by atoms with van der Waals surface area (Å²) in [5.41, 5.74) is 0. The number of carbonyl (C=O) groups is 1. The van der Waals surface area contributed by atoms with Crippen molar-refractivity contribution < 1.29 is 71.9 Å². The molecule has 0 bridgehead atoms. The second kappa shape index (κ2) is 23.0. The van der Waals surface area contributed by atoms with E-state index in [1.807, 2.05) is 6.34 Å². The zero-order valence-corrected chi connectivity index (χ0v) is 21.6. The molecule has 1 heterocycles. The minimum atomic E-state index is -0.833. The maximum Gasteiger partial charge on any atom is 1.00 e. The van der Waals surface area contributed by atoms with Gasteiger partial charge in [0.2, 0.25) is 0 Å². The number of nitrogens with zero attached hydrogens (tertiary/aromatic N) is 2. The van der Waals surface area contributed by atoms with E-state index < -0.39 is 5.97 Å². The fourth-order valence-corrected chi connectivity index (χ4v) is 2.82. The van der Waals surface area contributed by atoms with Crippen LogP contribution in [0.25, 0.3) is 0 Å². The maximum absolute atomic E-state index is 9.00. The Labute approximate surface area is 203 Å². The molecule has 0 aromatic rings. The Hall–Kier alpha value is 0.940. The molecule has 1 N–H and O–H groups in total. The van der Waals surface area contributed by atoms with Gasteiger partial charge >= 0.3 is 59.1 Å². The van der Waals surface area contributed by atoms with Crippen LogP contribution in [-0.2, 0) is 4.79 Å². The van der Waals surface area contributed by atoms with Gasteiger partial charge in [-0.2, -0.15) is 0 Å². The summed E-state index contributed by atoms with van der Waals surface area (Å²) in [6.45, 7) is 7.85. The first-order valence-electron chi connectivity index (χ1n) is 9.53. The zero-order chi connectivity index (χ0) is 17.3. The third-order valence-corrected chi connectivity index (χ3v) is 4.26. The molecule has 1 rings (SSSR count).